The number of aromatic carboxylic acids is 1. The van der Waals surface area contributed by atoms with Gasteiger partial charge in [0.05, 0.1) is 44.8 Å². The Morgan fingerprint density at radius 1 is 1.14 bits per heavy atom. The number of hydrogen-bond acceptors (Lipinski definition) is 7. The number of carbonyl (C=O) groups is 2. The summed E-state index contributed by atoms with van der Waals surface area (Å²) in [6, 6.07) is 14.8. The van der Waals surface area contributed by atoms with Gasteiger partial charge in [-0.25, -0.2) is 13.2 Å². The number of rotatable bonds is 8. The highest BCUT2D eigenvalue weighted by Crippen LogP contribution is 2.31. The maximum atomic E-state index is 13.3. The van der Waals surface area contributed by atoms with Crippen LogP contribution in [0.4, 0.5) is 5.69 Å². The van der Waals surface area contributed by atoms with E-state index in [0.717, 1.165) is 21.7 Å². The molecule has 9 nitrogen and oxygen atoms in total. The second kappa shape index (κ2) is 10.4. The average molecular weight is 514 g/mol. The molecule has 2 aromatic carbocycles. The second-order valence-electron chi connectivity index (χ2n) is 7.78. The third-order valence-corrected chi connectivity index (χ3v) is 8.80. The molecule has 0 spiro atoms. The SMILES string of the molecule is Cc1sc(C(=O)Nc2ccc(C#N)cc2C(=O)O)cc1S(=O)(=O)N(C)C(C)C(O)c1ccccc1. The van der Waals surface area contributed by atoms with Crippen LogP contribution in [0.5, 0.6) is 0 Å². The first-order valence-electron chi connectivity index (χ1n) is 10.4. The largest absolute Gasteiger partial charge is 0.478 e. The fourth-order valence-electron chi connectivity index (χ4n) is 3.42. The minimum absolute atomic E-state index is 0.0197. The van der Waals surface area contributed by atoms with Crippen molar-refractivity contribution in [2.45, 2.75) is 30.9 Å². The smallest absolute Gasteiger partial charge is 0.337 e. The minimum Gasteiger partial charge on any atom is -0.478 e. The van der Waals surface area contributed by atoms with Crippen molar-refractivity contribution < 1.29 is 28.2 Å². The first-order chi connectivity index (χ1) is 16.5. The summed E-state index contributed by atoms with van der Waals surface area (Å²) in [6.07, 6.45) is -1.07. The van der Waals surface area contributed by atoms with E-state index in [2.05, 4.69) is 5.32 Å². The number of thiophene rings is 1. The highest BCUT2D eigenvalue weighted by molar-refractivity contribution is 7.89. The number of aliphatic hydroxyl groups excluding tert-OH is 1. The highest BCUT2D eigenvalue weighted by atomic mass is 32.2. The Hall–Kier alpha value is -3.56. The van der Waals surface area contributed by atoms with Crippen molar-refractivity contribution in [1.82, 2.24) is 4.31 Å². The third kappa shape index (κ3) is 5.41. The Bertz CT molecular complexity index is 1410. The quantitative estimate of drug-likeness (QED) is 0.417. The summed E-state index contributed by atoms with van der Waals surface area (Å²) in [5.41, 5.74) is 0.409. The normalized spacial score (nSPS) is 13.1. The van der Waals surface area contributed by atoms with E-state index < -0.39 is 34.0 Å². The fourth-order valence-corrected chi connectivity index (χ4v) is 6.24. The van der Waals surface area contributed by atoms with Gasteiger partial charge in [-0.15, -0.1) is 11.3 Å². The number of nitrogens with zero attached hydrogens (tertiary/aromatic N) is 2. The van der Waals surface area contributed by atoms with Crippen LogP contribution in [0.2, 0.25) is 0 Å². The number of aryl methyl sites for hydroxylation is 1. The molecule has 0 aliphatic carbocycles. The maximum absolute atomic E-state index is 13.3. The van der Waals surface area contributed by atoms with Crippen LogP contribution in [0, 0.1) is 18.3 Å². The molecule has 35 heavy (non-hydrogen) atoms. The van der Waals surface area contributed by atoms with Gasteiger partial charge in [0, 0.05) is 11.9 Å². The van der Waals surface area contributed by atoms with Crippen molar-refractivity contribution in [3.05, 3.63) is 81.0 Å². The number of likely N-dealkylation sites (N-methyl/N-ethyl adjacent to an activating group) is 1. The Labute approximate surface area is 206 Å². The van der Waals surface area contributed by atoms with E-state index in [1.807, 2.05) is 6.07 Å². The van der Waals surface area contributed by atoms with E-state index in [-0.39, 0.29) is 26.6 Å². The molecule has 11 heteroatoms. The molecule has 1 aromatic heterocycles. The minimum atomic E-state index is -4.06. The number of hydrogen-bond donors (Lipinski definition) is 3. The van der Waals surface area contributed by atoms with Crippen molar-refractivity contribution in [2.75, 3.05) is 12.4 Å². The number of carboxylic acid groups (broad SMARTS) is 1. The summed E-state index contributed by atoms with van der Waals surface area (Å²) in [6.45, 7) is 3.15. The van der Waals surface area contributed by atoms with Crippen LogP contribution in [0.25, 0.3) is 0 Å². The zero-order valence-electron chi connectivity index (χ0n) is 19.1. The van der Waals surface area contributed by atoms with Crippen LogP contribution >= 0.6 is 11.3 Å². The number of sulfonamides is 1. The molecular formula is C24H23N3O6S2. The molecule has 0 saturated heterocycles. The molecule has 3 aromatic rings. The third-order valence-electron chi connectivity index (χ3n) is 5.55. The van der Waals surface area contributed by atoms with Crippen LogP contribution in [0.15, 0.2) is 59.5 Å². The molecule has 3 rings (SSSR count). The summed E-state index contributed by atoms with van der Waals surface area (Å²) >= 11 is 0.944. The maximum Gasteiger partial charge on any atom is 0.337 e. The lowest BCUT2D eigenvalue weighted by atomic mass is 10.0. The average Bonchev–Trinajstić information content (AvgIpc) is 3.25. The van der Waals surface area contributed by atoms with Gasteiger partial charge in [0.25, 0.3) is 5.91 Å². The number of benzene rings is 2. The van der Waals surface area contributed by atoms with E-state index in [0.29, 0.717) is 10.4 Å². The predicted octanol–water partition coefficient (Wildman–Crippen LogP) is 3.62. The number of nitrogens with one attached hydrogen (secondary N) is 1. The summed E-state index contributed by atoms with van der Waals surface area (Å²) in [4.78, 5) is 24.7. The van der Waals surface area contributed by atoms with Crippen LogP contribution in [-0.4, -0.2) is 47.9 Å². The Morgan fingerprint density at radius 2 is 1.80 bits per heavy atom. The van der Waals surface area contributed by atoms with E-state index in [9.17, 15) is 28.2 Å². The lowest BCUT2D eigenvalue weighted by molar-refractivity contribution is 0.0698. The van der Waals surface area contributed by atoms with Crippen LogP contribution < -0.4 is 5.32 Å². The second-order valence-corrected chi connectivity index (χ2v) is 11.0. The summed E-state index contributed by atoms with van der Waals surface area (Å²) < 4.78 is 27.7. The highest BCUT2D eigenvalue weighted by Gasteiger charge is 2.33. The molecule has 0 aliphatic rings. The van der Waals surface area contributed by atoms with Crippen LogP contribution in [0.3, 0.4) is 0 Å². The standard InChI is InChI=1S/C24H23N3O6S2/c1-14(22(28)17-7-5-4-6-8-17)27(3)35(32,33)21-12-20(34-15(21)2)23(29)26-19-10-9-16(13-25)11-18(19)24(30)31/h4-12,14,22,28H,1-3H3,(H,26,29)(H,30,31). The van der Waals surface area contributed by atoms with Crippen molar-refractivity contribution >= 4 is 38.9 Å². The van der Waals surface area contributed by atoms with Gasteiger partial charge in [-0.05, 0) is 43.7 Å². The molecule has 0 bridgehead atoms. The van der Waals surface area contributed by atoms with E-state index in [1.165, 1.54) is 25.2 Å². The number of anilines is 1. The molecule has 0 aliphatic heterocycles. The van der Waals surface area contributed by atoms with E-state index in [1.54, 1.807) is 44.2 Å². The summed E-state index contributed by atoms with van der Waals surface area (Å²) in [5.74, 6) is -2.01. The number of carboxylic acids is 1. The van der Waals surface area contributed by atoms with Crippen molar-refractivity contribution in [3.8, 4) is 6.07 Å². The van der Waals surface area contributed by atoms with Crippen LogP contribution in [0.1, 0.15) is 49.1 Å². The molecular weight excluding hydrogens is 490 g/mol. The number of amides is 1. The molecule has 3 N–H and O–H groups in total. The predicted molar refractivity (Wildman–Crippen MR) is 131 cm³/mol. The zero-order chi connectivity index (χ0) is 25.9. The van der Waals surface area contributed by atoms with Gasteiger partial charge >= 0.3 is 5.97 Å². The number of aliphatic hydroxyl groups is 1. The van der Waals surface area contributed by atoms with Gasteiger partial charge in [0.2, 0.25) is 10.0 Å². The lowest BCUT2D eigenvalue weighted by Gasteiger charge is -2.28. The summed E-state index contributed by atoms with van der Waals surface area (Å²) in [7, 11) is -2.70. The molecule has 0 saturated carbocycles. The first-order valence-corrected chi connectivity index (χ1v) is 12.6. The molecule has 1 heterocycles. The van der Waals surface area contributed by atoms with Crippen molar-refractivity contribution in [2.24, 2.45) is 0 Å². The molecule has 2 unspecified atom stereocenters. The fraction of sp³-hybridized carbons (Fsp3) is 0.208. The Balaban J connectivity index is 1.86. The number of carbonyl (C=O) groups excluding carboxylic acids is 1. The molecule has 182 valence electrons. The Morgan fingerprint density at radius 3 is 2.40 bits per heavy atom. The monoisotopic (exact) mass is 513 g/mol. The molecule has 0 fully saturated rings. The summed E-state index contributed by atoms with van der Waals surface area (Å²) in [5, 5.41) is 31.5. The van der Waals surface area contributed by atoms with Gasteiger partial charge in [-0.2, -0.15) is 9.57 Å². The molecule has 0 radical (unpaired) electrons. The Kier molecular flexibility index (Phi) is 7.72. The first kappa shape index (κ1) is 26.1. The van der Waals surface area contributed by atoms with Gasteiger partial charge < -0.3 is 15.5 Å². The van der Waals surface area contributed by atoms with Gasteiger partial charge in [-0.3, -0.25) is 4.79 Å². The van der Waals surface area contributed by atoms with Gasteiger partial charge in [0.15, 0.2) is 0 Å². The van der Waals surface area contributed by atoms with Crippen molar-refractivity contribution in [3.63, 3.8) is 0 Å². The van der Waals surface area contributed by atoms with Gasteiger partial charge in [-0.1, -0.05) is 30.3 Å². The molecule has 1 amide bonds. The van der Waals surface area contributed by atoms with E-state index in [4.69, 9.17) is 5.26 Å². The number of nitriles is 1. The van der Waals surface area contributed by atoms with Crippen LogP contribution in [-0.2, 0) is 10.0 Å². The lowest BCUT2D eigenvalue weighted by Crippen LogP contribution is -2.39. The zero-order valence-corrected chi connectivity index (χ0v) is 20.7. The van der Waals surface area contributed by atoms with Gasteiger partial charge in [0.1, 0.15) is 0 Å². The van der Waals surface area contributed by atoms with Crippen molar-refractivity contribution in [1.29, 1.82) is 5.26 Å². The molecule has 2 atom stereocenters. The van der Waals surface area contributed by atoms with E-state index >= 15 is 0 Å². The topological polar surface area (TPSA) is 148 Å².